The smallest absolute Gasteiger partial charge is 0.267 e. The van der Waals surface area contributed by atoms with Gasteiger partial charge in [-0.05, 0) is 49.2 Å². The summed E-state index contributed by atoms with van der Waals surface area (Å²) in [5.74, 6) is -0.635. The van der Waals surface area contributed by atoms with Crippen LogP contribution in [0.3, 0.4) is 0 Å². The zero-order valence-electron chi connectivity index (χ0n) is 15.0. The largest absolute Gasteiger partial charge is 0.351 e. The van der Waals surface area contributed by atoms with Crippen LogP contribution in [-0.2, 0) is 4.79 Å². The Bertz CT molecular complexity index is 781. The van der Waals surface area contributed by atoms with Crippen LogP contribution in [0.2, 0.25) is 5.02 Å². The first-order valence-electron chi connectivity index (χ1n) is 8.63. The lowest BCUT2D eigenvalue weighted by Gasteiger charge is -2.11. The van der Waals surface area contributed by atoms with Crippen molar-refractivity contribution in [3.05, 3.63) is 75.9 Å². The summed E-state index contributed by atoms with van der Waals surface area (Å²) >= 11 is 5.90. The zero-order chi connectivity index (χ0) is 18.9. The van der Waals surface area contributed by atoms with Gasteiger partial charge >= 0.3 is 0 Å². The van der Waals surface area contributed by atoms with E-state index in [-0.39, 0.29) is 17.5 Å². The van der Waals surface area contributed by atoms with Gasteiger partial charge < -0.3 is 10.6 Å². The van der Waals surface area contributed by atoms with Crippen molar-refractivity contribution in [3.8, 4) is 0 Å². The number of hydrogen-bond acceptors (Lipinski definition) is 2. The van der Waals surface area contributed by atoms with Crippen LogP contribution in [0.4, 0.5) is 0 Å². The molecule has 0 radical (unpaired) electrons. The standard InChI is InChI=1S/C21H23ClN2O2/c1-3-4-13-23-21(26)19(14-16-7-11-18(22)12-8-16)24-20(25)17-9-5-15(2)6-10-17/h5-12,14H,3-4,13H2,1-2H3,(H,23,26)(H,24,25)/b19-14+. The maximum atomic E-state index is 12.5. The monoisotopic (exact) mass is 370 g/mol. The highest BCUT2D eigenvalue weighted by atomic mass is 35.5. The maximum Gasteiger partial charge on any atom is 0.267 e. The van der Waals surface area contributed by atoms with Crippen molar-refractivity contribution in [2.45, 2.75) is 26.7 Å². The fourth-order valence-corrected chi connectivity index (χ4v) is 2.38. The Labute approximate surface area is 159 Å². The lowest BCUT2D eigenvalue weighted by Crippen LogP contribution is -2.35. The molecule has 0 aliphatic rings. The summed E-state index contributed by atoms with van der Waals surface area (Å²) in [5, 5.41) is 6.16. The van der Waals surface area contributed by atoms with Gasteiger partial charge in [0.15, 0.2) is 0 Å². The minimum atomic E-state index is -0.323. The molecular weight excluding hydrogens is 348 g/mol. The van der Waals surface area contributed by atoms with Crippen LogP contribution in [0, 0.1) is 6.92 Å². The molecule has 0 aliphatic carbocycles. The highest BCUT2D eigenvalue weighted by Crippen LogP contribution is 2.13. The van der Waals surface area contributed by atoms with Gasteiger partial charge in [-0.15, -0.1) is 0 Å². The Morgan fingerprint density at radius 2 is 1.69 bits per heavy atom. The van der Waals surface area contributed by atoms with E-state index in [1.165, 1.54) is 0 Å². The number of rotatable bonds is 7. The minimum absolute atomic E-state index is 0.203. The molecular formula is C21H23ClN2O2. The highest BCUT2D eigenvalue weighted by molar-refractivity contribution is 6.30. The molecule has 0 fully saturated rings. The molecule has 2 amide bonds. The van der Waals surface area contributed by atoms with Crippen molar-refractivity contribution in [3.63, 3.8) is 0 Å². The van der Waals surface area contributed by atoms with Crippen LogP contribution in [0.1, 0.15) is 41.3 Å². The molecule has 0 unspecified atom stereocenters. The highest BCUT2D eigenvalue weighted by Gasteiger charge is 2.14. The van der Waals surface area contributed by atoms with Gasteiger partial charge in [-0.1, -0.05) is 54.8 Å². The molecule has 0 aromatic heterocycles. The number of hydrogen-bond donors (Lipinski definition) is 2. The molecule has 136 valence electrons. The van der Waals surface area contributed by atoms with Crippen molar-refractivity contribution in [1.29, 1.82) is 0 Å². The molecule has 26 heavy (non-hydrogen) atoms. The van der Waals surface area contributed by atoms with E-state index >= 15 is 0 Å². The number of nitrogens with one attached hydrogen (secondary N) is 2. The van der Waals surface area contributed by atoms with Gasteiger partial charge in [0.2, 0.25) is 0 Å². The SMILES string of the molecule is CCCCNC(=O)/C(=C\c1ccc(Cl)cc1)NC(=O)c1ccc(C)cc1. The van der Waals surface area contributed by atoms with Gasteiger partial charge in [-0.25, -0.2) is 0 Å². The number of aryl methyl sites for hydroxylation is 1. The van der Waals surface area contributed by atoms with Crippen LogP contribution in [0.15, 0.2) is 54.2 Å². The second kappa shape index (κ2) is 9.78. The second-order valence-corrected chi connectivity index (χ2v) is 6.48. The summed E-state index contributed by atoms with van der Waals surface area (Å²) in [6.07, 6.45) is 3.50. The van der Waals surface area contributed by atoms with Crippen molar-refractivity contribution >= 4 is 29.5 Å². The number of unbranched alkanes of at least 4 members (excludes halogenated alkanes) is 1. The summed E-state index contributed by atoms with van der Waals surface area (Å²) in [7, 11) is 0. The fraction of sp³-hybridized carbons (Fsp3) is 0.238. The van der Waals surface area contributed by atoms with Crippen LogP contribution in [0.5, 0.6) is 0 Å². The molecule has 0 aliphatic heterocycles. The first-order chi connectivity index (χ1) is 12.5. The zero-order valence-corrected chi connectivity index (χ0v) is 15.8. The maximum absolute atomic E-state index is 12.5. The summed E-state index contributed by atoms with van der Waals surface area (Å²) < 4.78 is 0. The number of halogens is 1. The molecule has 0 heterocycles. The Morgan fingerprint density at radius 3 is 2.31 bits per heavy atom. The molecule has 2 rings (SSSR count). The normalized spacial score (nSPS) is 11.1. The molecule has 5 heteroatoms. The van der Waals surface area contributed by atoms with Gasteiger partial charge in [0.1, 0.15) is 5.70 Å². The van der Waals surface area contributed by atoms with Gasteiger partial charge in [0.25, 0.3) is 11.8 Å². The Hall–Kier alpha value is -2.59. The van der Waals surface area contributed by atoms with Gasteiger partial charge in [-0.3, -0.25) is 9.59 Å². The van der Waals surface area contributed by atoms with Crippen molar-refractivity contribution in [1.82, 2.24) is 10.6 Å². The number of carbonyl (C=O) groups is 2. The Balaban J connectivity index is 2.21. The molecule has 2 N–H and O–H groups in total. The van der Waals surface area contributed by atoms with E-state index in [1.54, 1.807) is 42.5 Å². The topological polar surface area (TPSA) is 58.2 Å². The van der Waals surface area contributed by atoms with Crippen LogP contribution < -0.4 is 10.6 Å². The van der Waals surface area contributed by atoms with Gasteiger partial charge in [0, 0.05) is 17.1 Å². The van der Waals surface area contributed by atoms with E-state index in [2.05, 4.69) is 17.6 Å². The Morgan fingerprint density at radius 1 is 1.04 bits per heavy atom. The third kappa shape index (κ3) is 6.05. The van der Waals surface area contributed by atoms with E-state index in [0.29, 0.717) is 17.1 Å². The van der Waals surface area contributed by atoms with E-state index in [1.807, 2.05) is 19.1 Å². The van der Waals surface area contributed by atoms with E-state index in [0.717, 1.165) is 24.0 Å². The molecule has 2 aromatic carbocycles. The molecule has 0 bridgehead atoms. The molecule has 0 atom stereocenters. The lowest BCUT2D eigenvalue weighted by molar-refractivity contribution is -0.117. The summed E-state index contributed by atoms with van der Waals surface area (Å²) in [4.78, 5) is 25.0. The summed E-state index contributed by atoms with van der Waals surface area (Å²) in [5.41, 5.74) is 2.54. The average Bonchev–Trinajstić information content (AvgIpc) is 2.63. The molecule has 0 spiro atoms. The van der Waals surface area contributed by atoms with Crippen LogP contribution >= 0.6 is 11.6 Å². The van der Waals surface area contributed by atoms with Crippen molar-refractivity contribution in [2.75, 3.05) is 6.54 Å². The predicted molar refractivity (Wildman–Crippen MR) is 106 cm³/mol. The average molecular weight is 371 g/mol. The van der Waals surface area contributed by atoms with E-state index in [4.69, 9.17) is 11.6 Å². The predicted octanol–water partition coefficient (Wildman–Crippen LogP) is 4.34. The molecule has 0 saturated heterocycles. The molecule has 4 nitrogen and oxygen atoms in total. The third-order valence-corrected chi connectivity index (χ3v) is 4.06. The van der Waals surface area contributed by atoms with Crippen molar-refractivity contribution in [2.24, 2.45) is 0 Å². The Kier molecular flexibility index (Phi) is 7.42. The number of amides is 2. The first kappa shape index (κ1) is 19.7. The van der Waals surface area contributed by atoms with Crippen LogP contribution in [-0.4, -0.2) is 18.4 Å². The first-order valence-corrected chi connectivity index (χ1v) is 9.01. The van der Waals surface area contributed by atoms with Gasteiger partial charge in [-0.2, -0.15) is 0 Å². The summed E-state index contributed by atoms with van der Waals surface area (Å²) in [6.45, 7) is 4.57. The minimum Gasteiger partial charge on any atom is -0.351 e. The quantitative estimate of drug-likeness (QED) is 0.562. The van der Waals surface area contributed by atoms with Gasteiger partial charge in [0.05, 0.1) is 0 Å². The van der Waals surface area contributed by atoms with E-state index < -0.39 is 0 Å². The number of benzene rings is 2. The van der Waals surface area contributed by atoms with Crippen molar-refractivity contribution < 1.29 is 9.59 Å². The van der Waals surface area contributed by atoms with E-state index in [9.17, 15) is 9.59 Å². The third-order valence-electron chi connectivity index (χ3n) is 3.80. The summed E-state index contributed by atoms with van der Waals surface area (Å²) in [6, 6.07) is 14.2. The molecule has 0 saturated carbocycles. The number of carbonyl (C=O) groups excluding carboxylic acids is 2. The van der Waals surface area contributed by atoms with Crippen LogP contribution in [0.25, 0.3) is 6.08 Å². The lowest BCUT2D eigenvalue weighted by atomic mass is 10.1. The molecule has 2 aromatic rings. The second-order valence-electron chi connectivity index (χ2n) is 6.04. The fourth-order valence-electron chi connectivity index (χ4n) is 2.26.